The molecule has 0 heterocycles. The Kier molecular flexibility index (Phi) is 4.18. The van der Waals surface area contributed by atoms with Gasteiger partial charge in [0.05, 0.1) is 19.8 Å². The average molecular weight is 279 g/mol. The molecule has 1 saturated carbocycles. The second kappa shape index (κ2) is 5.71. The lowest BCUT2D eigenvalue weighted by molar-refractivity contribution is 0.0696. The summed E-state index contributed by atoms with van der Waals surface area (Å²) in [6, 6.07) is 3.17. The van der Waals surface area contributed by atoms with Gasteiger partial charge in [0.25, 0.3) is 0 Å². The highest BCUT2D eigenvalue weighted by Gasteiger charge is 2.38. The van der Waals surface area contributed by atoms with E-state index in [1.54, 1.807) is 13.2 Å². The first-order chi connectivity index (χ1) is 9.57. The van der Waals surface area contributed by atoms with Crippen LogP contribution in [0.2, 0.25) is 0 Å². The Bertz CT molecular complexity index is 507. The molecule has 0 spiro atoms. The van der Waals surface area contributed by atoms with Crippen LogP contribution in [0.1, 0.15) is 41.6 Å². The van der Waals surface area contributed by atoms with Crippen LogP contribution in [0.25, 0.3) is 0 Å². The van der Waals surface area contributed by atoms with Gasteiger partial charge in [-0.05, 0) is 25.0 Å². The monoisotopic (exact) mass is 279 g/mol. The molecule has 0 atom stereocenters. The Balaban J connectivity index is 2.65. The van der Waals surface area contributed by atoms with Gasteiger partial charge in [0.15, 0.2) is 11.5 Å². The van der Waals surface area contributed by atoms with Gasteiger partial charge < -0.3 is 20.3 Å². The summed E-state index contributed by atoms with van der Waals surface area (Å²) in [6.45, 7) is 0.482. The van der Waals surface area contributed by atoms with Crippen molar-refractivity contribution >= 4 is 5.97 Å². The Morgan fingerprint density at radius 2 is 1.95 bits per heavy atom. The first kappa shape index (κ1) is 14.7. The third-order valence-electron chi connectivity index (χ3n) is 4.25. The summed E-state index contributed by atoms with van der Waals surface area (Å²) in [5.41, 5.74) is 6.86. The van der Waals surface area contributed by atoms with Crippen molar-refractivity contribution in [2.24, 2.45) is 5.73 Å². The minimum Gasteiger partial charge on any atom is -0.493 e. The highest BCUT2D eigenvalue weighted by Crippen LogP contribution is 2.47. The summed E-state index contributed by atoms with van der Waals surface area (Å²) in [7, 11) is 3.08. The Morgan fingerprint density at radius 1 is 1.30 bits per heavy atom. The number of rotatable bonds is 5. The standard InChI is InChI=1S/C15H21NO4/c1-19-12-8-10(14(17)18)7-11(13(12)20-2)15(9-16)5-3-4-6-15/h7-8H,3-6,9,16H2,1-2H3,(H,17,18). The number of carboxylic acid groups (broad SMARTS) is 1. The summed E-state index contributed by atoms with van der Waals surface area (Å²) < 4.78 is 10.8. The van der Waals surface area contributed by atoms with Crippen molar-refractivity contribution in [1.82, 2.24) is 0 Å². The summed E-state index contributed by atoms with van der Waals surface area (Å²) in [5.74, 6) is 0.0735. The van der Waals surface area contributed by atoms with Gasteiger partial charge in [-0.2, -0.15) is 0 Å². The molecule has 0 saturated heterocycles. The molecule has 1 aliphatic rings. The van der Waals surface area contributed by atoms with E-state index in [4.69, 9.17) is 15.2 Å². The van der Waals surface area contributed by atoms with E-state index in [0.717, 1.165) is 31.2 Å². The number of carboxylic acids is 1. The maximum Gasteiger partial charge on any atom is 0.335 e. The number of benzene rings is 1. The second-order valence-corrected chi connectivity index (χ2v) is 5.26. The quantitative estimate of drug-likeness (QED) is 0.863. The first-order valence-corrected chi connectivity index (χ1v) is 6.78. The van der Waals surface area contributed by atoms with E-state index in [-0.39, 0.29) is 11.0 Å². The SMILES string of the molecule is COc1cc(C(=O)O)cc(C2(CN)CCCC2)c1OC. The number of methoxy groups -OCH3 is 2. The predicted molar refractivity (Wildman–Crippen MR) is 75.7 cm³/mol. The largest absolute Gasteiger partial charge is 0.493 e. The van der Waals surface area contributed by atoms with Crippen LogP contribution in [0, 0.1) is 0 Å². The minimum atomic E-state index is -0.975. The van der Waals surface area contributed by atoms with Crippen LogP contribution in [-0.4, -0.2) is 31.8 Å². The smallest absolute Gasteiger partial charge is 0.335 e. The van der Waals surface area contributed by atoms with E-state index in [1.165, 1.54) is 13.2 Å². The zero-order valence-electron chi connectivity index (χ0n) is 11.9. The van der Waals surface area contributed by atoms with Gasteiger partial charge in [-0.25, -0.2) is 4.79 Å². The molecule has 1 aliphatic carbocycles. The average Bonchev–Trinajstić information content (AvgIpc) is 2.95. The van der Waals surface area contributed by atoms with Gasteiger partial charge in [0.1, 0.15) is 0 Å². The fourth-order valence-corrected chi connectivity index (χ4v) is 3.12. The van der Waals surface area contributed by atoms with E-state index in [2.05, 4.69) is 0 Å². The highest BCUT2D eigenvalue weighted by molar-refractivity contribution is 5.89. The molecule has 1 aromatic rings. The zero-order chi connectivity index (χ0) is 14.8. The van der Waals surface area contributed by atoms with Crippen LogP contribution < -0.4 is 15.2 Å². The molecule has 110 valence electrons. The number of nitrogens with two attached hydrogens (primary N) is 1. The van der Waals surface area contributed by atoms with Gasteiger partial charge >= 0.3 is 5.97 Å². The molecular weight excluding hydrogens is 258 g/mol. The Morgan fingerprint density at radius 3 is 2.40 bits per heavy atom. The molecule has 1 aromatic carbocycles. The number of carbonyl (C=O) groups is 1. The molecular formula is C15H21NO4. The summed E-state index contributed by atoms with van der Waals surface area (Å²) >= 11 is 0. The Labute approximate surface area is 118 Å². The fourth-order valence-electron chi connectivity index (χ4n) is 3.12. The van der Waals surface area contributed by atoms with Gasteiger partial charge in [-0.15, -0.1) is 0 Å². The van der Waals surface area contributed by atoms with Gasteiger partial charge in [0, 0.05) is 17.5 Å². The topological polar surface area (TPSA) is 81.8 Å². The van der Waals surface area contributed by atoms with Crippen LogP contribution in [0.3, 0.4) is 0 Å². The lowest BCUT2D eigenvalue weighted by Gasteiger charge is -2.30. The molecule has 0 unspecified atom stereocenters. The molecule has 0 aromatic heterocycles. The molecule has 0 aliphatic heterocycles. The van der Waals surface area contributed by atoms with Crippen LogP contribution in [-0.2, 0) is 5.41 Å². The summed E-state index contributed by atoms with van der Waals surface area (Å²) in [4.78, 5) is 11.3. The molecule has 5 heteroatoms. The molecule has 0 bridgehead atoms. The van der Waals surface area contributed by atoms with Crippen LogP contribution in [0.15, 0.2) is 12.1 Å². The van der Waals surface area contributed by atoms with Crippen molar-refractivity contribution in [2.45, 2.75) is 31.1 Å². The fraction of sp³-hybridized carbons (Fsp3) is 0.533. The number of hydrogen-bond donors (Lipinski definition) is 2. The van der Waals surface area contributed by atoms with Gasteiger partial charge in [-0.1, -0.05) is 12.8 Å². The molecule has 0 amide bonds. The first-order valence-electron chi connectivity index (χ1n) is 6.78. The van der Waals surface area contributed by atoms with Crippen molar-refractivity contribution in [3.63, 3.8) is 0 Å². The van der Waals surface area contributed by atoms with Crippen molar-refractivity contribution in [3.05, 3.63) is 23.3 Å². The molecule has 3 N–H and O–H groups in total. The van der Waals surface area contributed by atoms with Crippen LogP contribution in [0.5, 0.6) is 11.5 Å². The lowest BCUT2D eigenvalue weighted by atomic mass is 9.77. The van der Waals surface area contributed by atoms with E-state index >= 15 is 0 Å². The minimum absolute atomic E-state index is 0.204. The van der Waals surface area contributed by atoms with Crippen molar-refractivity contribution in [3.8, 4) is 11.5 Å². The van der Waals surface area contributed by atoms with Gasteiger partial charge in [-0.3, -0.25) is 0 Å². The molecule has 20 heavy (non-hydrogen) atoms. The number of hydrogen-bond acceptors (Lipinski definition) is 4. The Hall–Kier alpha value is -1.75. The van der Waals surface area contributed by atoms with E-state index in [1.807, 2.05) is 0 Å². The van der Waals surface area contributed by atoms with Crippen molar-refractivity contribution < 1.29 is 19.4 Å². The van der Waals surface area contributed by atoms with Crippen LogP contribution in [0.4, 0.5) is 0 Å². The van der Waals surface area contributed by atoms with Gasteiger partial charge in [0.2, 0.25) is 0 Å². The molecule has 5 nitrogen and oxygen atoms in total. The number of ether oxygens (including phenoxy) is 2. The zero-order valence-corrected chi connectivity index (χ0v) is 11.9. The third-order valence-corrected chi connectivity index (χ3v) is 4.25. The van der Waals surface area contributed by atoms with E-state index < -0.39 is 5.97 Å². The molecule has 1 fully saturated rings. The van der Waals surface area contributed by atoms with E-state index in [9.17, 15) is 9.90 Å². The highest BCUT2D eigenvalue weighted by atomic mass is 16.5. The van der Waals surface area contributed by atoms with Crippen molar-refractivity contribution in [2.75, 3.05) is 20.8 Å². The van der Waals surface area contributed by atoms with Crippen molar-refractivity contribution in [1.29, 1.82) is 0 Å². The van der Waals surface area contributed by atoms with E-state index in [0.29, 0.717) is 18.0 Å². The molecule has 2 rings (SSSR count). The molecule has 0 radical (unpaired) electrons. The third kappa shape index (κ3) is 2.33. The van der Waals surface area contributed by atoms with Crippen LogP contribution >= 0.6 is 0 Å². The maximum absolute atomic E-state index is 11.3. The maximum atomic E-state index is 11.3. The normalized spacial score (nSPS) is 16.9. The summed E-state index contributed by atoms with van der Waals surface area (Å²) in [6.07, 6.45) is 4.10. The predicted octanol–water partition coefficient (Wildman–Crippen LogP) is 2.17. The second-order valence-electron chi connectivity index (χ2n) is 5.26. The summed E-state index contributed by atoms with van der Waals surface area (Å²) in [5, 5.41) is 9.26. The number of aromatic carboxylic acids is 1. The lowest BCUT2D eigenvalue weighted by Crippen LogP contribution is -2.32.